The van der Waals surface area contributed by atoms with Crippen LogP contribution in [0.1, 0.15) is 45.4 Å². The molecular weight excluding hydrogens is 224 g/mol. The molecule has 2 rings (SSSR count). The van der Waals surface area contributed by atoms with Crippen LogP contribution in [0.15, 0.2) is 0 Å². The summed E-state index contributed by atoms with van der Waals surface area (Å²) in [6, 6.07) is 0.674. The Kier molecular flexibility index (Phi) is 5.93. The fourth-order valence-corrected chi connectivity index (χ4v) is 3.52. The van der Waals surface area contributed by atoms with Crippen LogP contribution < -0.4 is 5.32 Å². The Morgan fingerprint density at radius 2 is 2.06 bits per heavy atom. The van der Waals surface area contributed by atoms with Gasteiger partial charge < -0.3 is 15.3 Å². The average molecular weight is 254 g/mol. The van der Waals surface area contributed by atoms with Crippen LogP contribution >= 0.6 is 0 Å². The zero-order chi connectivity index (χ0) is 12.8. The molecule has 0 aromatic carbocycles. The fourth-order valence-electron chi connectivity index (χ4n) is 3.52. The van der Waals surface area contributed by atoms with Gasteiger partial charge in [-0.2, -0.15) is 0 Å². The van der Waals surface area contributed by atoms with Gasteiger partial charge in [-0.05, 0) is 50.5 Å². The highest BCUT2D eigenvalue weighted by atomic mass is 16.2. The number of aliphatic hydroxyl groups excluding tert-OH is 1. The molecule has 0 aromatic heterocycles. The lowest BCUT2D eigenvalue weighted by atomic mass is 9.83. The number of rotatable bonds is 7. The summed E-state index contributed by atoms with van der Waals surface area (Å²) in [6.07, 6.45) is 7.81. The highest BCUT2D eigenvalue weighted by Crippen LogP contribution is 2.29. The molecule has 1 saturated carbocycles. The van der Waals surface area contributed by atoms with Crippen molar-refractivity contribution in [3.8, 4) is 0 Å². The standard InChI is InChI=1S/C15H30N2O/c1-2-16-15-9-14(7-4-8-18)11-17(12-15)10-13-5-3-6-13/h13-16,18H,2-12H2,1H3. The van der Waals surface area contributed by atoms with Crippen LogP contribution in [-0.2, 0) is 0 Å². The van der Waals surface area contributed by atoms with Gasteiger partial charge in [0.05, 0.1) is 0 Å². The van der Waals surface area contributed by atoms with Crippen molar-refractivity contribution >= 4 is 0 Å². The van der Waals surface area contributed by atoms with E-state index in [-0.39, 0.29) is 0 Å². The molecule has 2 N–H and O–H groups in total. The van der Waals surface area contributed by atoms with Crippen molar-refractivity contribution in [2.24, 2.45) is 11.8 Å². The normalized spacial score (nSPS) is 30.3. The van der Waals surface area contributed by atoms with Gasteiger partial charge >= 0.3 is 0 Å². The van der Waals surface area contributed by atoms with Crippen molar-refractivity contribution in [2.75, 3.05) is 32.8 Å². The summed E-state index contributed by atoms with van der Waals surface area (Å²) in [6.45, 7) is 7.45. The molecular formula is C15H30N2O. The Balaban J connectivity index is 1.79. The topological polar surface area (TPSA) is 35.5 Å². The van der Waals surface area contributed by atoms with Crippen LogP contribution in [0.5, 0.6) is 0 Å². The van der Waals surface area contributed by atoms with Gasteiger partial charge in [0, 0.05) is 32.3 Å². The number of aliphatic hydroxyl groups is 1. The second-order valence-electron chi connectivity index (χ2n) is 6.24. The first-order valence-electron chi connectivity index (χ1n) is 7.88. The van der Waals surface area contributed by atoms with Crippen LogP contribution in [0.3, 0.4) is 0 Å². The molecule has 3 heteroatoms. The predicted octanol–water partition coefficient (Wildman–Crippen LogP) is 1.86. The highest BCUT2D eigenvalue weighted by molar-refractivity contribution is 4.85. The van der Waals surface area contributed by atoms with Crippen LogP contribution in [0.4, 0.5) is 0 Å². The minimum Gasteiger partial charge on any atom is -0.396 e. The lowest BCUT2D eigenvalue weighted by Crippen LogP contribution is -2.50. The lowest BCUT2D eigenvalue weighted by molar-refractivity contribution is 0.0959. The number of piperidine rings is 1. The molecule has 0 bridgehead atoms. The van der Waals surface area contributed by atoms with Gasteiger partial charge in [-0.15, -0.1) is 0 Å². The van der Waals surface area contributed by atoms with E-state index in [1.165, 1.54) is 51.7 Å². The van der Waals surface area contributed by atoms with Gasteiger partial charge in [0.25, 0.3) is 0 Å². The predicted molar refractivity (Wildman–Crippen MR) is 75.7 cm³/mol. The minimum atomic E-state index is 0.352. The molecule has 2 fully saturated rings. The van der Waals surface area contributed by atoms with Crippen molar-refractivity contribution < 1.29 is 5.11 Å². The van der Waals surface area contributed by atoms with Gasteiger partial charge in [0.15, 0.2) is 0 Å². The number of hydrogen-bond acceptors (Lipinski definition) is 3. The number of nitrogens with one attached hydrogen (secondary N) is 1. The van der Waals surface area contributed by atoms with E-state index in [9.17, 15) is 0 Å². The minimum absolute atomic E-state index is 0.352. The third-order valence-electron chi connectivity index (χ3n) is 4.62. The summed E-state index contributed by atoms with van der Waals surface area (Å²) in [5.74, 6) is 1.76. The van der Waals surface area contributed by atoms with Gasteiger partial charge in [-0.1, -0.05) is 13.3 Å². The summed E-state index contributed by atoms with van der Waals surface area (Å²) >= 11 is 0. The summed E-state index contributed by atoms with van der Waals surface area (Å²) in [4.78, 5) is 2.68. The van der Waals surface area contributed by atoms with Crippen LogP contribution in [0.2, 0.25) is 0 Å². The van der Waals surface area contributed by atoms with Gasteiger partial charge in [-0.3, -0.25) is 0 Å². The van der Waals surface area contributed by atoms with Crippen molar-refractivity contribution in [1.82, 2.24) is 10.2 Å². The molecule has 3 nitrogen and oxygen atoms in total. The van der Waals surface area contributed by atoms with Crippen molar-refractivity contribution in [2.45, 2.75) is 51.5 Å². The van der Waals surface area contributed by atoms with Crippen LogP contribution in [-0.4, -0.2) is 48.8 Å². The molecule has 1 aliphatic carbocycles. The van der Waals surface area contributed by atoms with E-state index in [1.54, 1.807) is 0 Å². The Morgan fingerprint density at radius 3 is 2.67 bits per heavy atom. The maximum Gasteiger partial charge on any atom is 0.0431 e. The molecule has 2 aliphatic rings. The molecule has 0 radical (unpaired) electrons. The largest absolute Gasteiger partial charge is 0.396 e. The molecule has 1 aliphatic heterocycles. The molecule has 1 heterocycles. The van der Waals surface area contributed by atoms with E-state index in [4.69, 9.17) is 5.11 Å². The van der Waals surface area contributed by atoms with Crippen molar-refractivity contribution in [3.63, 3.8) is 0 Å². The maximum atomic E-state index is 9.00. The van der Waals surface area contributed by atoms with E-state index < -0.39 is 0 Å². The highest BCUT2D eigenvalue weighted by Gasteiger charge is 2.29. The second-order valence-corrected chi connectivity index (χ2v) is 6.24. The van der Waals surface area contributed by atoms with Gasteiger partial charge in [0.1, 0.15) is 0 Å². The molecule has 0 aromatic rings. The first kappa shape index (κ1) is 14.3. The quantitative estimate of drug-likeness (QED) is 0.728. The smallest absolute Gasteiger partial charge is 0.0431 e. The zero-order valence-corrected chi connectivity index (χ0v) is 11.9. The lowest BCUT2D eigenvalue weighted by Gasteiger charge is -2.41. The van der Waals surface area contributed by atoms with Crippen molar-refractivity contribution in [1.29, 1.82) is 0 Å². The Bertz CT molecular complexity index is 231. The average Bonchev–Trinajstić information content (AvgIpc) is 2.32. The molecule has 106 valence electrons. The molecule has 0 spiro atoms. The Hall–Kier alpha value is -0.120. The Morgan fingerprint density at radius 1 is 1.22 bits per heavy atom. The summed E-state index contributed by atoms with van der Waals surface area (Å²) in [7, 11) is 0. The summed E-state index contributed by atoms with van der Waals surface area (Å²) < 4.78 is 0. The van der Waals surface area contributed by atoms with Crippen molar-refractivity contribution in [3.05, 3.63) is 0 Å². The molecule has 2 atom stereocenters. The third kappa shape index (κ3) is 4.22. The number of nitrogens with zero attached hydrogens (tertiary/aromatic N) is 1. The first-order valence-corrected chi connectivity index (χ1v) is 7.88. The fraction of sp³-hybridized carbons (Fsp3) is 1.00. The van der Waals surface area contributed by atoms with Gasteiger partial charge in [0.2, 0.25) is 0 Å². The summed E-state index contributed by atoms with van der Waals surface area (Å²) in [5.41, 5.74) is 0. The molecule has 2 unspecified atom stereocenters. The molecule has 18 heavy (non-hydrogen) atoms. The third-order valence-corrected chi connectivity index (χ3v) is 4.62. The van der Waals surface area contributed by atoms with E-state index in [0.29, 0.717) is 12.6 Å². The SMILES string of the molecule is CCNC1CC(CCCO)CN(CC2CCC2)C1. The molecule has 0 amide bonds. The van der Waals surface area contributed by atoms with Crippen LogP contribution in [0.25, 0.3) is 0 Å². The Labute approximate surface area is 112 Å². The maximum absolute atomic E-state index is 9.00. The molecule has 1 saturated heterocycles. The first-order chi connectivity index (χ1) is 8.81. The summed E-state index contributed by atoms with van der Waals surface area (Å²) in [5, 5.41) is 12.6. The second kappa shape index (κ2) is 7.46. The number of likely N-dealkylation sites (tertiary alicyclic amines) is 1. The van der Waals surface area contributed by atoms with E-state index >= 15 is 0 Å². The van der Waals surface area contributed by atoms with Gasteiger partial charge in [-0.25, -0.2) is 0 Å². The van der Waals surface area contributed by atoms with E-state index in [2.05, 4.69) is 17.1 Å². The number of hydrogen-bond donors (Lipinski definition) is 2. The van der Waals surface area contributed by atoms with Crippen LogP contribution in [0, 0.1) is 11.8 Å². The zero-order valence-electron chi connectivity index (χ0n) is 11.9. The van der Waals surface area contributed by atoms with E-state index in [0.717, 1.165) is 24.8 Å². The monoisotopic (exact) mass is 254 g/mol. The number of likely N-dealkylation sites (N-methyl/N-ethyl adjacent to an activating group) is 1. The van der Waals surface area contributed by atoms with E-state index in [1.807, 2.05) is 0 Å².